The molecular formula is C13H21FN2. The molecule has 0 aliphatic carbocycles. The van der Waals surface area contributed by atoms with E-state index in [0.717, 1.165) is 25.2 Å². The van der Waals surface area contributed by atoms with Crippen LogP contribution < -0.4 is 10.2 Å². The summed E-state index contributed by atoms with van der Waals surface area (Å²) >= 11 is 0. The highest BCUT2D eigenvalue weighted by Crippen LogP contribution is 2.13. The van der Waals surface area contributed by atoms with E-state index in [4.69, 9.17) is 0 Å². The largest absolute Gasteiger partial charge is 0.373 e. The lowest BCUT2D eigenvalue weighted by Crippen LogP contribution is -2.37. The lowest BCUT2D eigenvalue weighted by atomic mass is 10.2. The van der Waals surface area contributed by atoms with Crippen molar-refractivity contribution in [2.45, 2.75) is 26.3 Å². The van der Waals surface area contributed by atoms with Crippen molar-refractivity contribution in [3.05, 3.63) is 30.1 Å². The predicted octanol–water partition coefficient (Wildman–Crippen LogP) is 2.65. The van der Waals surface area contributed by atoms with E-state index in [1.165, 1.54) is 6.07 Å². The van der Waals surface area contributed by atoms with Crippen LogP contribution in [0.2, 0.25) is 0 Å². The van der Waals surface area contributed by atoms with Gasteiger partial charge >= 0.3 is 0 Å². The van der Waals surface area contributed by atoms with Crippen molar-refractivity contribution in [3.63, 3.8) is 0 Å². The van der Waals surface area contributed by atoms with E-state index < -0.39 is 0 Å². The molecule has 1 N–H and O–H groups in total. The number of halogens is 1. The van der Waals surface area contributed by atoms with Gasteiger partial charge in [0.05, 0.1) is 0 Å². The van der Waals surface area contributed by atoms with Gasteiger partial charge in [0, 0.05) is 25.3 Å². The van der Waals surface area contributed by atoms with Crippen LogP contribution in [0.25, 0.3) is 0 Å². The third kappa shape index (κ3) is 4.19. The average Bonchev–Trinajstić information content (AvgIpc) is 2.26. The van der Waals surface area contributed by atoms with Gasteiger partial charge in [-0.05, 0) is 38.1 Å². The zero-order valence-electron chi connectivity index (χ0n) is 10.3. The first-order valence-corrected chi connectivity index (χ1v) is 5.83. The smallest absolute Gasteiger partial charge is 0.125 e. The Morgan fingerprint density at radius 2 is 2.19 bits per heavy atom. The van der Waals surface area contributed by atoms with Crippen LogP contribution in [0.1, 0.15) is 20.3 Å². The maximum absolute atomic E-state index is 13.0. The van der Waals surface area contributed by atoms with Crippen molar-refractivity contribution in [1.29, 1.82) is 0 Å². The summed E-state index contributed by atoms with van der Waals surface area (Å²) in [5.74, 6) is -0.182. The number of likely N-dealkylation sites (N-methyl/N-ethyl adjacent to an activating group) is 1. The summed E-state index contributed by atoms with van der Waals surface area (Å²) in [6, 6.07) is 7.11. The number of nitrogens with zero attached hydrogens (tertiary/aromatic N) is 1. The first-order chi connectivity index (χ1) is 7.63. The second-order valence-corrected chi connectivity index (χ2v) is 4.22. The molecule has 1 atom stereocenters. The molecule has 2 nitrogen and oxygen atoms in total. The van der Waals surface area contributed by atoms with E-state index in [9.17, 15) is 4.39 Å². The Hall–Kier alpha value is -1.09. The van der Waals surface area contributed by atoms with E-state index in [1.807, 2.05) is 13.1 Å². The van der Waals surface area contributed by atoms with Gasteiger partial charge in [0.1, 0.15) is 5.82 Å². The zero-order chi connectivity index (χ0) is 12.0. The van der Waals surface area contributed by atoms with Gasteiger partial charge in [-0.1, -0.05) is 13.0 Å². The Labute approximate surface area is 97.5 Å². The lowest BCUT2D eigenvalue weighted by molar-refractivity contribution is 0.543. The van der Waals surface area contributed by atoms with E-state index in [0.29, 0.717) is 6.04 Å². The fraction of sp³-hybridized carbons (Fsp3) is 0.538. The maximum atomic E-state index is 13.0. The monoisotopic (exact) mass is 224 g/mol. The fourth-order valence-electron chi connectivity index (χ4n) is 1.69. The Bertz CT molecular complexity index is 315. The average molecular weight is 224 g/mol. The van der Waals surface area contributed by atoms with Crippen molar-refractivity contribution >= 4 is 5.69 Å². The van der Waals surface area contributed by atoms with Crippen LogP contribution in [-0.4, -0.2) is 26.2 Å². The first-order valence-electron chi connectivity index (χ1n) is 5.83. The summed E-state index contributed by atoms with van der Waals surface area (Å²) < 4.78 is 13.0. The topological polar surface area (TPSA) is 15.3 Å². The lowest BCUT2D eigenvalue weighted by Gasteiger charge is -2.24. The minimum absolute atomic E-state index is 0.182. The molecule has 0 amide bonds. The van der Waals surface area contributed by atoms with E-state index in [2.05, 4.69) is 24.1 Å². The molecule has 0 aliphatic rings. The molecule has 0 fully saturated rings. The van der Waals surface area contributed by atoms with Crippen LogP contribution in [0.3, 0.4) is 0 Å². The second kappa shape index (κ2) is 6.48. The molecule has 0 spiro atoms. The van der Waals surface area contributed by atoms with Crippen LogP contribution >= 0.6 is 0 Å². The highest BCUT2D eigenvalue weighted by atomic mass is 19.1. The summed E-state index contributed by atoms with van der Waals surface area (Å²) in [5.41, 5.74) is 0.921. The summed E-state index contributed by atoms with van der Waals surface area (Å²) in [6.45, 7) is 6.20. The SMILES string of the molecule is CCCNC(C)CN(C)c1cccc(F)c1. The molecule has 0 aliphatic heterocycles. The molecular weight excluding hydrogens is 203 g/mol. The Morgan fingerprint density at radius 1 is 1.44 bits per heavy atom. The molecule has 1 aromatic carbocycles. The van der Waals surface area contributed by atoms with Gasteiger partial charge in [-0.3, -0.25) is 0 Å². The van der Waals surface area contributed by atoms with Gasteiger partial charge in [0.2, 0.25) is 0 Å². The number of anilines is 1. The van der Waals surface area contributed by atoms with Crippen molar-refractivity contribution in [2.75, 3.05) is 25.0 Å². The molecule has 1 unspecified atom stereocenters. The molecule has 1 rings (SSSR count). The van der Waals surface area contributed by atoms with Gasteiger partial charge in [-0.25, -0.2) is 4.39 Å². The van der Waals surface area contributed by atoms with Crippen molar-refractivity contribution in [3.8, 4) is 0 Å². The quantitative estimate of drug-likeness (QED) is 0.799. The second-order valence-electron chi connectivity index (χ2n) is 4.22. The maximum Gasteiger partial charge on any atom is 0.125 e. The molecule has 3 heteroatoms. The van der Waals surface area contributed by atoms with Gasteiger partial charge in [-0.2, -0.15) is 0 Å². The van der Waals surface area contributed by atoms with Crippen LogP contribution in [0.5, 0.6) is 0 Å². The van der Waals surface area contributed by atoms with Crippen LogP contribution in [-0.2, 0) is 0 Å². The predicted molar refractivity (Wildman–Crippen MR) is 67.4 cm³/mol. The Balaban J connectivity index is 2.48. The minimum atomic E-state index is -0.182. The van der Waals surface area contributed by atoms with E-state index in [-0.39, 0.29) is 5.82 Å². The first kappa shape index (κ1) is 13.0. The fourth-order valence-corrected chi connectivity index (χ4v) is 1.69. The number of benzene rings is 1. The van der Waals surface area contributed by atoms with Crippen LogP contribution in [0, 0.1) is 5.82 Å². The molecule has 0 saturated heterocycles. The molecule has 0 bridgehead atoms. The third-order valence-corrected chi connectivity index (χ3v) is 2.54. The van der Waals surface area contributed by atoms with E-state index >= 15 is 0 Å². The molecule has 0 heterocycles. The van der Waals surface area contributed by atoms with Gasteiger partial charge in [-0.15, -0.1) is 0 Å². The van der Waals surface area contributed by atoms with Crippen molar-refractivity contribution in [1.82, 2.24) is 5.32 Å². The van der Waals surface area contributed by atoms with Crippen molar-refractivity contribution in [2.24, 2.45) is 0 Å². The van der Waals surface area contributed by atoms with Crippen LogP contribution in [0.15, 0.2) is 24.3 Å². The summed E-state index contributed by atoms with van der Waals surface area (Å²) in [4.78, 5) is 2.07. The molecule has 90 valence electrons. The minimum Gasteiger partial charge on any atom is -0.373 e. The number of hydrogen-bond donors (Lipinski definition) is 1. The standard InChI is InChI=1S/C13H21FN2/c1-4-8-15-11(2)10-16(3)13-7-5-6-12(14)9-13/h5-7,9,11,15H,4,8,10H2,1-3H3. The van der Waals surface area contributed by atoms with E-state index in [1.54, 1.807) is 12.1 Å². The van der Waals surface area contributed by atoms with Gasteiger partial charge < -0.3 is 10.2 Å². The van der Waals surface area contributed by atoms with Crippen molar-refractivity contribution < 1.29 is 4.39 Å². The molecule has 0 saturated carbocycles. The molecule has 0 aromatic heterocycles. The number of hydrogen-bond acceptors (Lipinski definition) is 2. The molecule has 0 radical (unpaired) electrons. The summed E-state index contributed by atoms with van der Waals surface area (Å²) in [7, 11) is 1.99. The number of rotatable bonds is 6. The highest BCUT2D eigenvalue weighted by Gasteiger charge is 2.06. The van der Waals surface area contributed by atoms with Gasteiger partial charge in [0.25, 0.3) is 0 Å². The van der Waals surface area contributed by atoms with Crippen LogP contribution in [0.4, 0.5) is 10.1 Å². The molecule has 16 heavy (non-hydrogen) atoms. The van der Waals surface area contributed by atoms with Gasteiger partial charge in [0.15, 0.2) is 0 Å². The molecule has 1 aromatic rings. The normalized spacial score (nSPS) is 12.5. The summed E-state index contributed by atoms with van der Waals surface area (Å²) in [5, 5.41) is 3.41. The summed E-state index contributed by atoms with van der Waals surface area (Å²) in [6.07, 6.45) is 1.13. The Morgan fingerprint density at radius 3 is 2.81 bits per heavy atom. The number of nitrogens with one attached hydrogen (secondary N) is 1. The highest BCUT2D eigenvalue weighted by molar-refractivity contribution is 5.45. The Kier molecular flexibility index (Phi) is 5.26. The third-order valence-electron chi connectivity index (χ3n) is 2.54. The zero-order valence-corrected chi connectivity index (χ0v) is 10.3.